The Hall–Kier alpha value is -3.14. The number of aliphatic imine (C=N–C) groups is 1. The molecule has 23 heavy (non-hydrogen) atoms. The van der Waals surface area contributed by atoms with Crippen LogP contribution in [0.2, 0.25) is 0 Å². The van der Waals surface area contributed by atoms with Crippen molar-refractivity contribution >= 4 is 22.9 Å². The van der Waals surface area contributed by atoms with E-state index in [0.717, 1.165) is 39.8 Å². The molecule has 0 radical (unpaired) electrons. The van der Waals surface area contributed by atoms with E-state index in [4.69, 9.17) is 9.73 Å². The molecule has 2 aromatic carbocycles. The van der Waals surface area contributed by atoms with Gasteiger partial charge < -0.3 is 10.1 Å². The molecule has 4 rings (SSSR count). The summed E-state index contributed by atoms with van der Waals surface area (Å²) in [5.41, 5.74) is 4.76. The molecule has 0 atom stereocenters. The summed E-state index contributed by atoms with van der Waals surface area (Å²) in [4.78, 5) is 9.26. The predicted molar refractivity (Wildman–Crippen MR) is 92.3 cm³/mol. The molecule has 4 heteroatoms. The number of nitrogens with zero attached hydrogens (tertiary/aromatic N) is 2. The first-order chi connectivity index (χ1) is 11.3. The van der Waals surface area contributed by atoms with Crippen molar-refractivity contribution in [3.8, 4) is 5.75 Å². The van der Waals surface area contributed by atoms with E-state index in [1.807, 2.05) is 48.5 Å². The fourth-order valence-corrected chi connectivity index (χ4v) is 2.67. The molecule has 4 nitrogen and oxygen atoms in total. The van der Waals surface area contributed by atoms with Crippen molar-refractivity contribution in [3.63, 3.8) is 0 Å². The molecule has 1 aliphatic heterocycles. The molecule has 1 N–H and O–H groups in total. The predicted octanol–water partition coefficient (Wildman–Crippen LogP) is 4.32. The van der Waals surface area contributed by atoms with Gasteiger partial charge in [-0.15, -0.1) is 0 Å². The molecule has 3 aromatic rings. The molecule has 0 spiro atoms. The van der Waals surface area contributed by atoms with E-state index >= 15 is 0 Å². The standard InChI is InChI=1S/C19H15N3O/c1-23-14-9-10-15-17(12-14)22-19-16(8-5-11-20-19)21-18(15)13-6-3-2-4-7-13/h2-12H,1H3,(H,20,22). The molecule has 0 aliphatic carbocycles. The molecule has 1 aliphatic rings. The number of rotatable bonds is 2. The van der Waals surface area contributed by atoms with Crippen molar-refractivity contribution in [2.75, 3.05) is 12.4 Å². The summed E-state index contributed by atoms with van der Waals surface area (Å²) in [6.45, 7) is 0. The molecular formula is C19H15N3O. The third-order valence-corrected chi connectivity index (χ3v) is 3.80. The summed E-state index contributed by atoms with van der Waals surface area (Å²) in [6, 6.07) is 20.0. The van der Waals surface area contributed by atoms with Crippen LogP contribution in [-0.2, 0) is 0 Å². The van der Waals surface area contributed by atoms with Gasteiger partial charge in [0.15, 0.2) is 5.82 Å². The minimum Gasteiger partial charge on any atom is -0.497 e. The zero-order chi connectivity index (χ0) is 15.6. The second-order valence-electron chi connectivity index (χ2n) is 5.23. The van der Waals surface area contributed by atoms with Gasteiger partial charge in [-0.1, -0.05) is 30.3 Å². The van der Waals surface area contributed by atoms with Crippen LogP contribution in [0, 0.1) is 0 Å². The van der Waals surface area contributed by atoms with Crippen molar-refractivity contribution in [2.45, 2.75) is 0 Å². The lowest BCUT2D eigenvalue weighted by Crippen LogP contribution is -2.05. The van der Waals surface area contributed by atoms with Crippen LogP contribution in [0.3, 0.4) is 0 Å². The largest absolute Gasteiger partial charge is 0.497 e. The lowest BCUT2D eigenvalue weighted by molar-refractivity contribution is 0.415. The van der Waals surface area contributed by atoms with Crippen molar-refractivity contribution in [1.82, 2.24) is 4.98 Å². The van der Waals surface area contributed by atoms with Gasteiger partial charge in [-0.05, 0) is 24.3 Å². The van der Waals surface area contributed by atoms with E-state index in [1.54, 1.807) is 13.3 Å². The lowest BCUT2D eigenvalue weighted by Gasteiger charge is -2.12. The average Bonchev–Trinajstić information content (AvgIpc) is 2.78. The number of fused-ring (bicyclic) bond motifs is 2. The summed E-state index contributed by atoms with van der Waals surface area (Å²) < 4.78 is 5.35. The molecule has 2 heterocycles. The number of ether oxygens (including phenoxy) is 1. The molecule has 0 saturated heterocycles. The lowest BCUT2D eigenvalue weighted by atomic mass is 10.0. The highest BCUT2D eigenvalue weighted by Gasteiger charge is 2.18. The zero-order valence-electron chi connectivity index (χ0n) is 12.7. The Balaban J connectivity index is 1.98. The SMILES string of the molecule is COc1ccc2c(c1)Nc1ncccc1N=C2c1ccccc1. The fourth-order valence-electron chi connectivity index (χ4n) is 2.67. The first-order valence-electron chi connectivity index (χ1n) is 7.40. The normalized spacial score (nSPS) is 12.3. The highest BCUT2D eigenvalue weighted by atomic mass is 16.5. The first-order valence-corrected chi connectivity index (χ1v) is 7.40. The Morgan fingerprint density at radius 3 is 2.65 bits per heavy atom. The smallest absolute Gasteiger partial charge is 0.156 e. The van der Waals surface area contributed by atoms with Crippen LogP contribution in [0.1, 0.15) is 11.1 Å². The number of benzene rings is 2. The Kier molecular flexibility index (Phi) is 3.27. The molecule has 0 unspecified atom stereocenters. The number of aromatic nitrogens is 1. The van der Waals surface area contributed by atoms with E-state index in [0.29, 0.717) is 0 Å². The second kappa shape index (κ2) is 5.57. The zero-order valence-corrected chi connectivity index (χ0v) is 12.7. The number of methoxy groups -OCH3 is 1. The third kappa shape index (κ3) is 2.44. The van der Waals surface area contributed by atoms with Gasteiger partial charge in [0.2, 0.25) is 0 Å². The monoisotopic (exact) mass is 301 g/mol. The van der Waals surface area contributed by atoms with Gasteiger partial charge in [0.25, 0.3) is 0 Å². The van der Waals surface area contributed by atoms with Crippen molar-refractivity contribution in [1.29, 1.82) is 0 Å². The van der Waals surface area contributed by atoms with E-state index in [9.17, 15) is 0 Å². The molecular weight excluding hydrogens is 286 g/mol. The molecule has 0 bridgehead atoms. The van der Waals surface area contributed by atoms with Gasteiger partial charge >= 0.3 is 0 Å². The second-order valence-corrected chi connectivity index (χ2v) is 5.23. The molecule has 0 amide bonds. The van der Waals surface area contributed by atoms with E-state index < -0.39 is 0 Å². The van der Waals surface area contributed by atoms with Gasteiger partial charge in [-0.3, -0.25) is 0 Å². The van der Waals surface area contributed by atoms with Crippen LogP contribution in [0.25, 0.3) is 0 Å². The maximum absolute atomic E-state index is 5.35. The average molecular weight is 301 g/mol. The minimum absolute atomic E-state index is 0.743. The highest BCUT2D eigenvalue weighted by Crippen LogP contribution is 2.35. The fraction of sp³-hybridized carbons (Fsp3) is 0.0526. The Labute approximate surface area is 134 Å². The van der Waals surface area contributed by atoms with Crippen LogP contribution < -0.4 is 10.1 Å². The van der Waals surface area contributed by atoms with Gasteiger partial charge in [0, 0.05) is 23.4 Å². The summed E-state index contributed by atoms with van der Waals surface area (Å²) >= 11 is 0. The number of anilines is 2. The third-order valence-electron chi connectivity index (χ3n) is 3.80. The van der Waals surface area contributed by atoms with E-state index in [2.05, 4.69) is 22.4 Å². The summed E-state index contributed by atoms with van der Waals surface area (Å²) in [6.07, 6.45) is 1.76. The summed E-state index contributed by atoms with van der Waals surface area (Å²) in [5, 5.41) is 3.37. The van der Waals surface area contributed by atoms with Crippen molar-refractivity contribution in [3.05, 3.63) is 78.0 Å². The number of hydrogen-bond donors (Lipinski definition) is 1. The van der Waals surface area contributed by atoms with Crippen LogP contribution >= 0.6 is 0 Å². The first kappa shape index (κ1) is 13.5. The topological polar surface area (TPSA) is 46.5 Å². The van der Waals surface area contributed by atoms with Gasteiger partial charge in [-0.2, -0.15) is 0 Å². The maximum atomic E-state index is 5.35. The number of hydrogen-bond acceptors (Lipinski definition) is 4. The maximum Gasteiger partial charge on any atom is 0.156 e. The van der Waals surface area contributed by atoms with Gasteiger partial charge in [-0.25, -0.2) is 9.98 Å². The van der Waals surface area contributed by atoms with Crippen LogP contribution in [0.15, 0.2) is 71.9 Å². The van der Waals surface area contributed by atoms with Gasteiger partial charge in [0.05, 0.1) is 18.5 Å². The minimum atomic E-state index is 0.743. The van der Waals surface area contributed by atoms with E-state index in [1.165, 1.54) is 0 Å². The summed E-state index contributed by atoms with van der Waals surface area (Å²) in [7, 11) is 1.66. The van der Waals surface area contributed by atoms with Crippen LogP contribution in [0.5, 0.6) is 5.75 Å². The van der Waals surface area contributed by atoms with Crippen molar-refractivity contribution < 1.29 is 4.74 Å². The Bertz CT molecular complexity index is 888. The molecule has 112 valence electrons. The van der Waals surface area contributed by atoms with Crippen molar-refractivity contribution in [2.24, 2.45) is 4.99 Å². The quantitative estimate of drug-likeness (QED) is 0.600. The van der Waals surface area contributed by atoms with E-state index in [-0.39, 0.29) is 0 Å². The van der Waals surface area contributed by atoms with Crippen LogP contribution in [-0.4, -0.2) is 17.8 Å². The van der Waals surface area contributed by atoms with Crippen LogP contribution in [0.4, 0.5) is 17.2 Å². The Morgan fingerprint density at radius 2 is 1.83 bits per heavy atom. The highest BCUT2D eigenvalue weighted by molar-refractivity contribution is 6.18. The van der Waals surface area contributed by atoms with Gasteiger partial charge in [0.1, 0.15) is 11.4 Å². The number of nitrogens with one attached hydrogen (secondary N) is 1. The number of pyridine rings is 1. The molecule has 1 aromatic heterocycles. The molecule has 0 saturated carbocycles. The molecule has 0 fully saturated rings. The summed E-state index contributed by atoms with van der Waals surface area (Å²) in [5.74, 6) is 1.54. The Morgan fingerprint density at radius 1 is 0.957 bits per heavy atom.